The van der Waals surface area contributed by atoms with E-state index in [-0.39, 0.29) is 0 Å². The fourth-order valence-corrected chi connectivity index (χ4v) is 12.3. The Bertz CT molecular complexity index is 4280. The van der Waals surface area contributed by atoms with Crippen molar-refractivity contribution in [3.05, 3.63) is 279 Å². The van der Waals surface area contributed by atoms with Crippen LogP contribution in [0.4, 0.5) is 17.1 Å². The molecular formula is C70H46N2S. The summed E-state index contributed by atoms with van der Waals surface area (Å²) < 4.78 is 5.05. The summed E-state index contributed by atoms with van der Waals surface area (Å²) in [6.07, 6.45) is 0. The van der Waals surface area contributed by atoms with Crippen LogP contribution in [0.1, 0.15) is 0 Å². The summed E-state index contributed by atoms with van der Waals surface area (Å²) in [5.74, 6) is 0. The maximum atomic E-state index is 2.41. The van der Waals surface area contributed by atoms with E-state index >= 15 is 0 Å². The molecular weight excluding hydrogens is 901 g/mol. The van der Waals surface area contributed by atoms with Crippen molar-refractivity contribution in [2.75, 3.05) is 4.90 Å². The molecule has 0 bridgehead atoms. The van der Waals surface area contributed by atoms with E-state index in [2.05, 4.69) is 289 Å². The standard InChI is InChI=1S/C70H46N2S/c1-2-14-50(15-3-1)59-22-12-16-53-17-13-23-60(70(53)59)52-36-43-57(44-37-52)71(56-41-34-49(35-42-56)54-38-45-64-63-21-7-11-27-68(63)73-69(64)46-54)55-39-32-48(33-40-55)47-28-30-51(31-29-47)58-18-4-8-24-65(58)72-66-25-9-5-19-61(66)62-20-6-10-26-67(62)72/h1-46H. The summed E-state index contributed by atoms with van der Waals surface area (Å²) in [6, 6.07) is 102. The maximum Gasteiger partial charge on any atom is 0.0541 e. The van der Waals surface area contributed by atoms with E-state index in [1.54, 1.807) is 0 Å². The maximum absolute atomic E-state index is 2.41. The Morgan fingerprint density at radius 1 is 0.274 bits per heavy atom. The van der Waals surface area contributed by atoms with Gasteiger partial charge >= 0.3 is 0 Å². The Morgan fingerprint density at radius 3 is 1.33 bits per heavy atom. The Morgan fingerprint density at radius 2 is 0.699 bits per heavy atom. The van der Waals surface area contributed by atoms with Crippen LogP contribution in [0.2, 0.25) is 0 Å². The number of rotatable bonds is 9. The predicted molar refractivity (Wildman–Crippen MR) is 313 cm³/mol. The molecule has 2 nitrogen and oxygen atoms in total. The van der Waals surface area contributed by atoms with E-state index in [4.69, 9.17) is 0 Å². The van der Waals surface area contributed by atoms with Gasteiger partial charge in [0.15, 0.2) is 0 Å². The number of benzene rings is 12. The number of anilines is 3. The zero-order chi connectivity index (χ0) is 48.2. The van der Waals surface area contributed by atoms with E-state index in [0.717, 1.165) is 17.1 Å². The van der Waals surface area contributed by atoms with Crippen LogP contribution in [0.3, 0.4) is 0 Å². The molecule has 0 saturated heterocycles. The fourth-order valence-electron chi connectivity index (χ4n) is 11.1. The first-order valence-corrected chi connectivity index (χ1v) is 25.8. The van der Waals surface area contributed by atoms with Gasteiger partial charge in [0.25, 0.3) is 0 Å². The lowest BCUT2D eigenvalue weighted by atomic mass is 9.91. The zero-order valence-electron chi connectivity index (χ0n) is 39.9. The lowest BCUT2D eigenvalue weighted by Crippen LogP contribution is -2.09. The normalized spacial score (nSPS) is 11.6. The number of para-hydroxylation sites is 3. The van der Waals surface area contributed by atoms with E-state index in [0.29, 0.717) is 0 Å². The van der Waals surface area contributed by atoms with E-state index in [1.165, 1.54) is 114 Å². The van der Waals surface area contributed by atoms with E-state index < -0.39 is 0 Å². The summed E-state index contributed by atoms with van der Waals surface area (Å²) >= 11 is 1.86. The van der Waals surface area contributed by atoms with Crippen LogP contribution in [0.5, 0.6) is 0 Å². The highest BCUT2D eigenvalue weighted by Gasteiger charge is 2.18. The van der Waals surface area contributed by atoms with E-state index in [1.807, 2.05) is 11.3 Å². The van der Waals surface area contributed by atoms with Gasteiger partial charge in [-0.25, -0.2) is 0 Å². The van der Waals surface area contributed by atoms with Crippen molar-refractivity contribution in [3.8, 4) is 61.3 Å². The van der Waals surface area contributed by atoms with Crippen molar-refractivity contribution >= 4 is 81.1 Å². The molecule has 2 aromatic heterocycles. The van der Waals surface area contributed by atoms with E-state index in [9.17, 15) is 0 Å². The number of hydrogen-bond donors (Lipinski definition) is 0. The van der Waals surface area contributed by atoms with Crippen LogP contribution in [0.15, 0.2) is 279 Å². The summed E-state index contributed by atoms with van der Waals surface area (Å²) in [5.41, 5.74) is 18.8. The second kappa shape index (κ2) is 17.8. The monoisotopic (exact) mass is 946 g/mol. The first kappa shape index (κ1) is 42.6. The van der Waals surface area contributed by atoms with Gasteiger partial charge in [-0.15, -0.1) is 11.3 Å². The Labute approximate surface area is 428 Å². The Balaban J connectivity index is 0.816. The number of fused-ring (bicyclic) bond motifs is 7. The van der Waals surface area contributed by atoms with Gasteiger partial charge in [0.1, 0.15) is 0 Å². The van der Waals surface area contributed by atoms with Crippen LogP contribution < -0.4 is 4.90 Å². The van der Waals surface area contributed by atoms with Gasteiger partial charge in [-0.1, -0.05) is 212 Å². The van der Waals surface area contributed by atoms with Gasteiger partial charge in [-0.05, 0) is 128 Å². The summed E-state index contributed by atoms with van der Waals surface area (Å²) in [5, 5.41) is 7.66. The minimum absolute atomic E-state index is 1.09. The van der Waals surface area contributed by atoms with Gasteiger partial charge in [-0.3, -0.25) is 0 Å². The topological polar surface area (TPSA) is 8.17 Å². The lowest BCUT2D eigenvalue weighted by Gasteiger charge is -2.26. The average Bonchev–Trinajstić information content (AvgIpc) is 4.01. The van der Waals surface area contributed by atoms with Gasteiger partial charge in [0.05, 0.1) is 16.7 Å². The molecule has 3 heteroatoms. The molecule has 0 aliphatic rings. The van der Waals surface area contributed by atoms with Crippen molar-refractivity contribution in [2.45, 2.75) is 0 Å². The van der Waals surface area contributed by atoms with Crippen LogP contribution >= 0.6 is 11.3 Å². The fraction of sp³-hybridized carbons (Fsp3) is 0. The highest BCUT2D eigenvalue weighted by Crippen LogP contribution is 2.43. The first-order valence-electron chi connectivity index (χ1n) is 25.0. The second-order valence-corrected chi connectivity index (χ2v) is 19.9. The highest BCUT2D eigenvalue weighted by atomic mass is 32.1. The molecule has 0 aliphatic heterocycles. The number of thiophene rings is 1. The molecule has 0 unspecified atom stereocenters. The molecule has 14 rings (SSSR count). The van der Waals surface area contributed by atoms with Crippen LogP contribution in [0, 0.1) is 0 Å². The minimum atomic E-state index is 1.09. The number of aromatic nitrogens is 1. The predicted octanol–water partition coefficient (Wildman–Crippen LogP) is 20.1. The van der Waals surface area contributed by atoms with Gasteiger partial charge in [0.2, 0.25) is 0 Å². The van der Waals surface area contributed by atoms with Gasteiger partial charge in [0, 0.05) is 53.6 Å². The minimum Gasteiger partial charge on any atom is -0.311 e. The zero-order valence-corrected chi connectivity index (χ0v) is 40.7. The molecule has 0 aliphatic carbocycles. The van der Waals surface area contributed by atoms with Crippen molar-refractivity contribution in [3.63, 3.8) is 0 Å². The Kier molecular flexibility index (Phi) is 10.4. The number of hydrogen-bond acceptors (Lipinski definition) is 2. The molecule has 0 amide bonds. The van der Waals surface area contributed by atoms with Gasteiger partial charge in [-0.2, -0.15) is 0 Å². The molecule has 342 valence electrons. The SMILES string of the molecule is c1ccc(-c2cccc3cccc(-c4ccc(N(c5ccc(-c6ccc(-c7ccccc7-n7c8ccccc8c8ccccc87)cc6)cc5)c5ccc(-c6ccc7c(c6)sc6ccccc67)cc5)cc4)c23)cc1. The molecule has 0 fully saturated rings. The molecule has 12 aromatic carbocycles. The first-order chi connectivity index (χ1) is 36.2. The third-order valence-corrected chi connectivity index (χ3v) is 15.8. The van der Waals surface area contributed by atoms with Gasteiger partial charge < -0.3 is 9.47 Å². The quantitative estimate of drug-likeness (QED) is 0.140. The molecule has 0 atom stereocenters. The van der Waals surface area contributed by atoms with Crippen molar-refractivity contribution < 1.29 is 0 Å². The molecule has 0 radical (unpaired) electrons. The van der Waals surface area contributed by atoms with Crippen LogP contribution in [0.25, 0.3) is 114 Å². The second-order valence-electron chi connectivity index (χ2n) is 18.8. The number of nitrogens with zero attached hydrogens (tertiary/aromatic N) is 2. The molecule has 73 heavy (non-hydrogen) atoms. The largest absolute Gasteiger partial charge is 0.311 e. The lowest BCUT2D eigenvalue weighted by molar-refractivity contribution is 1.18. The molecule has 2 heterocycles. The Hall–Kier alpha value is -9.28. The summed E-state index contributed by atoms with van der Waals surface area (Å²) in [6.45, 7) is 0. The smallest absolute Gasteiger partial charge is 0.0541 e. The molecule has 0 saturated carbocycles. The van der Waals surface area contributed by atoms with Crippen molar-refractivity contribution in [1.82, 2.24) is 4.57 Å². The average molecular weight is 947 g/mol. The highest BCUT2D eigenvalue weighted by molar-refractivity contribution is 7.25. The summed E-state index contributed by atoms with van der Waals surface area (Å²) in [7, 11) is 0. The van der Waals surface area contributed by atoms with Crippen molar-refractivity contribution in [1.29, 1.82) is 0 Å². The van der Waals surface area contributed by atoms with Crippen LogP contribution in [-0.2, 0) is 0 Å². The van der Waals surface area contributed by atoms with Crippen LogP contribution in [-0.4, -0.2) is 4.57 Å². The molecule has 0 N–H and O–H groups in total. The van der Waals surface area contributed by atoms with Crippen molar-refractivity contribution in [2.24, 2.45) is 0 Å². The molecule has 14 aromatic rings. The third kappa shape index (κ3) is 7.49. The summed E-state index contributed by atoms with van der Waals surface area (Å²) in [4.78, 5) is 2.37. The third-order valence-electron chi connectivity index (χ3n) is 14.6. The molecule has 0 spiro atoms.